The quantitative estimate of drug-likeness (QED) is 0.598. The van der Waals surface area contributed by atoms with Crippen LogP contribution >= 0.6 is 23.2 Å². The fraction of sp³-hybridized carbons (Fsp3) is 0.455. The molecule has 0 heterocycles. The van der Waals surface area contributed by atoms with Crippen molar-refractivity contribution in [2.75, 3.05) is 6.38 Å². The van der Waals surface area contributed by atoms with E-state index in [9.17, 15) is 0 Å². The number of hydrogen-bond donors (Lipinski definition) is 0. The lowest BCUT2D eigenvalue weighted by molar-refractivity contribution is 1.14. The van der Waals surface area contributed by atoms with Crippen LogP contribution in [0.15, 0.2) is 24.3 Å². The average molecular weight is 221 g/mol. The van der Waals surface area contributed by atoms with Crippen molar-refractivity contribution >= 4 is 23.2 Å². The minimum atomic E-state index is 0.812. The fourth-order valence-corrected chi connectivity index (χ4v) is 0.846. The number of rotatable bonds is 1. The number of halogens is 2. The van der Waals surface area contributed by atoms with Gasteiger partial charge in [-0.2, -0.15) is 0 Å². The Morgan fingerprint density at radius 3 is 1.69 bits per heavy atom. The van der Waals surface area contributed by atoms with Crippen LogP contribution in [0.4, 0.5) is 0 Å². The fourth-order valence-electron chi connectivity index (χ4n) is 0.720. The van der Waals surface area contributed by atoms with E-state index in [0.717, 1.165) is 11.4 Å². The van der Waals surface area contributed by atoms with E-state index in [2.05, 4.69) is 18.5 Å². The Morgan fingerprint density at radius 1 is 1.00 bits per heavy atom. The predicted octanol–water partition coefficient (Wildman–Crippen LogP) is 4.78. The molecule has 13 heavy (non-hydrogen) atoms. The summed E-state index contributed by atoms with van der Waals surface area (Å²) in [6.07, 6.45) is 2.55. The van der Waals surface area contributed by atoms with Crippen molar-refractivity contribution < 1.29 is 0 Å². The summed E-state index contributed by atoms with van der Waals surface area (Å²) >= 11 is 10.3. The van der Waals surface area contributed by atoms with Crippen LogP contribution in [0.2, 0.25) is 5.02 Å². The molecule has 0 atom stereocenters. The monoisotopic (exact) mass is 220 g/mol. The molecule has 0 bridgehead atoms. The maximum absolute atomic E-state index is 5.67. The Morgan fingerprint density at radius 2 is 1.38 bits per heavy atom. The Labute approximate surface area is 91.9 Å². The van der Waals surface area contributed by atoms with Gasteiger partial charge in [-0.05, 0) is 24.1 Å². The summed E-state index contributed by atoms with van der Waals surface area (Å²) in [7, 11) is 0. The maximum Gasteiger partial charge on any atom is 0.0406 e. The summed E-state index contributed by atoms with van der Waals surface area (Å²) in [5.41, 5.74) is 1.33. The molecule has 2 heteroatoms. The molecule has 1 aromatic carbocycles. The number of hydrogen-bond acceptors (Lipinski definition) is 0. The molecule has 1 aromatic rings. The van der Waals surface area contributed by atoms with Crippen LogP contribution in [0, 0.1) is 0 Å². The molecule has 0 nitrogen and oxygen atoms in total. The van der Waals surface area contributed by atoms with Crippen LogP contribution < -0.4 is 0 Å². The second-order valence-electron chi connectivity index (χ2n) is 1.98. The molecule has 0 N–H and O–H groups in total. The highest BCUT2D eigenvalue weighted by Gasteiger charge is 1.86. The van der Waals surface area contributed by atoms with Gasteiger partial charge in [0.2, 0.25) is 0 Å². The zero-order valence-corrected chi connectivity index (χ0v) is 10.3. The van der Waals surface area contributed by atoms with E-state index in [1.807, 2.05) is 38.1 Å². The van der Waals surface area contributed by atoms with Crippen molar-refractivity contribution in [2.45, 2.75) is 27.2 Å². The molecule has 76 valence electrons. The van der Waals surface area contributed by atoms with Crippen molar-refractivity contribution in [1.29, 1.82) is 0 Å². The van der Waals surface area contributed by atoms with Crippen molar-refractivity contribution in [3.63, 3.8) is 0 Å². The standard InChI is InChI=1S/C8H9Cl.C2H6.CH3Cl/c1-2-7-3-5-8(9)6-4-7;2*1-2/h3-6H,2H2,1H3;1-2H3;1H3. The topological polar surface area (TPSA) is 0 Å². The average Bonchev–Trinajstić information content (AvgIpc) is 2.25. The summed E-state index contributed by atoms with van der Waals surface area (Å²) in [5.74, 6) is 0. The van der Waals surface area contributed by atoms with E-state index < -0.39 is 0 Å². The Balaban J connectivity index is 0. The highest BCUT2D eigenvalue weighted by atomic mass is 35.5. The molecule has 0 aromatic heterocycles. The van der Waals surface area contributed by atoms with E-state index in [4.69, 9.17) is 11.6 Å². The molecule has 0 amide bonds. The Kier molecular flexibility index (Phi) is 13.9. The summed E-state index contributed by atoms with van der Waals surface area (Å²) in [5, 5.41) is 0.812. The third kappa shape index (κ3) is 8.14. The molecule has 1 rings (SSSR count). The smallest absolute Gasteiger partial charge is 0.0406 e. The summed E-state index contributed by atoms with van der Waals surface area (Å²) in [6, 6.07) is 7.92. The van der Waals surface area contributed by atoms with Crippen LogP contribution in [0.25, 0.3) is 0 Å². The highest BCUT2D eigenvalue weighted by Crippen LogP contribution is 2.09. The van der Waals surface area contributed by atoms with Crippen LogP contribution in [0.1, 0.15) is 26.3 Å². The molecule has 0 spiro atoms. The largest absolute Gasteiger partial charge is 0.130 e. The van der Waals surface area contributed by atoms with Gasteiger partial charge in [0.05, 0.1) is 0 Å². The molecular weight excluding hydrogens is 203 g/mol. The van der Waals surface area contributed by atoms with Gasteiger partial charge in [0.1, 0.15) is 0 Å². The first-order valence-corrected chi connectivity index (χ1v) is 5.58. The van der Waals surface area contributed by atoms with Crippen molar-refractivity contribution in [3.8, 4) is 0 Å². The lowest BCUT2D eigenvalue weighted by Gasteiger charge is -1.93. The zero-order valence-electron chi connectivity index (χ0n) is 8.77. The molecule has 0 aliphatic rings. The van der Waals surface area contributed by atoms with Crippen LogP contribution in [0.3, 0.4) is 0 Å². The number of aryl methyl sites for hydroxylation is 1. The number of benzene rings is 1. The zero-order chi connectivity index (χ0) is 10.7. The van der Waals surface area contributed by atoms with Crippen molar-refractivity contribution in [1.82, 2.24) is 0 Å². The normalized spacial score (nSPS) is 7.54. The van der Waals surface area contributed by atoms with Gasteiger partial charge >= 0.3 is 0 Å². The minimum Gasteiger partial charge on any atom is -0.130 e. The molecule has 0 aliphatic carbocycles. The molecule has 0 fully saturated rings. The predicted molar refractivity (Wildman–Crippen MR) is 64.0 cm³/mol. The van der Waals surface area contributed by atoms with Gasteiger partial charge in [-0.25, -0.2) is 0 Å². The molecular formula is C11H18Cl2. The van der Waals surface area contributed by atoms with E-state index >= 15 is 0 Å². The summed E-state index contributed by atoms with van der Waals surface area (Å²) in [4.78, 5) is 0. The Bertz CT molecular complexity index is 180. The molecule has 0 saturated heterocycles. The highest BCUT2D eigenvalue weighted by molar-refractivity contribution is 6.30. The van der Waals surface area contributed by atoms with Gasteiger partial charge in [-0.1, -0.05) is 44.5 Å². The van der Waals surface area contributed by atoms with Gasteiger partial charge in [-0.3, -0.25) is 0 Å². The third-order valence-corrected chi connectivity index (χ3v) is 1.57. The van der Waals surface area contributed by atoms with E-state index in [1.54, 1.807) is 0 Å². The Hall–Kier alpha value is -0.200. The van der Waals surface area contributed by atoms with Gasteiger partial charge in [0.25, 0.3) is 0 Å². The molecule has 0 unspecified atom stereocenters. The SMILES string of the molecule is CC.CCc1ccc(Cl)cc1.CCl. The molecule has 0 aliphatic heterocycles. The summed E-state index contributed by atoms with van der Waals surface area (Å²) < 4.78 is 0. The second-order valence-corrected chi connectivity index (χ2v) is 2.42. The maximum atomic E-state index is 5.67. The lowest BCUT2D eigenvalue weighted by atomic mass is 10.2. The number of alkyl halides is 1. The summed E-state index contributed by atoms with van der Waals surface area (Å²) in [6.45, 7) is 6.13. The van der Waals surface area contributed by atoms with E-state index in [1.165, 1.54) is 11.9 Å². The van der Waals surface area contributed by atoms with Crippen LogP contribution in [-0.2, 0) is 6.42 Å². The molecule has 0 saturated carbocycles. The first-order valence-electron chi connectivity index (χ1n) is 4.45. The lowest BCUT2D eigenvalue weighted by Crippen LogP contribution is -1.75. The molecule has 0 radical (unpaired) electrons. The second kappa shape index (κ2) is 11.8. The van der Waals surface area contributed by atoms with Crippen molar-refractivity contribution in [2.24, 2.45) is 0 Å². The van der Waals surface area contributed by atoms with E-state index in [-0.39, 0.29) is 0 Å². The minimum absolute atomic E-state index is 0.812. The first-order chi connectivity index (χ1) is 6.33. The van der Waals surface area contributed by atoms with Crippen molar-refractivity contribution in [3.05, 3.63) is 34.9 Å². The van der Waals surface area contributed by atoms with E-state index in [0.29, 0.717) is 0 Å². The van der Waals surface area contributed by atoms with Gasteiger partial charge < -0.3 is 0 Å². The van der Waals surface area contributed by atoms with Gasteiger partial charge in [-0.15, -0.1) is 11.6 Å². The van der Waals surface area contributed by atoms with Crippen LogP contribution in [-0.4, -0.2) is 6.38 Å². The van der Waals surface area contributed by atoms with Gasteiger partial charge in [0.15, 0.2) is 0 Å². The first kappa shape index (κ1) is 15.3. The van der Waals surface area contributed by atoms with Gasteiger partial charge in [0, 0.05) is 11.4 Å². The van der Waals surface area contributed by atoms with Crippen LogP contribution in [0.5, 0.6) is 0 Å². The third-order valence-electron chi connectivity index (χ3n) is 1.32.